The van der Waals surface area contributed by atoms with Crippen LogP contribution in [0.3, 0.4) is 0 Å². The molecule has 3 radical (unpaired) electrons. The third-order valence-corrected chi connectivity index (χ3v) is 3.93. The van der Waals surface area contributed by atoms with E-state index in [1.165, 1.54) is 48.2 Å². The summed E-state index contributed by atoms with van der Waals surface area (Å²) in [6, 6.07) is 8.45. The van der Waals surface area contributed by atoms with E-state index >= 15 is 0 Å². The minimum atomic E-state index is 0.917. The second kappa shape index (κ2) is 8.44. The molecular formula is C14H19N2Pb. The Hall–Kier alpha value is -0.648. The van der Waals surface area contributed by atoms with Crippen molar-refractivity contribution in [1.29, 1.82) is 0 Å². The third-order valence-electron chi connectivity index (χ3n) is 2.55. The summed E-state index contributed by atoms with van der Waals surface area (Å²) in [6.07, 6.45) is 6.85. The molecule has 89 valence electrons. The van der Waals surface area contributed by atoms with Crippen LogP contribution in [0.25, 0.3) is 0 Å². The van der Waals surface area contributed by atoms with Crippen molar-refractivity contribution < 1.29 is 0 Å². The summed E-state index contributed by atoms with van der Waals surface area (Å²) in [4.78, 5) is 4.45. The molecule has 1 rings (SSSR count). The molecular weight excluding hydrogens is 403 g/mol. The summed E-state index contributed by atoms with van der Waals surface area (Å²) in [7, 11) is 0. The molecule has 0 spiro atoms. The average molecular weight is 423 g/mol. The number of nitrogens with zero attached hydrogens (tertiary/aromatic N) is 1. The van der Waals surface area contributed by atoms with Crippen LogP contribution in [0.4, 0.5) is 5.69 Å². The van der Waals surface area contributed by atoms with E-state index in [4.69, 9.17) is 5.73 Å². The Labute approximate surface area is 120 Å². The molecule has 0 bridgehead atoms. The maximum atomic E-state index is 5.49. The predicted molar refractivity (Wildman–Crippen MR) is 76.0 cm³/mol. The van der Waals surface area contributed by atoms with Crippen LogP contribution >= 0.6 is 0 Å². The molecule has 0 aromatic heterocycles. The second-order valence-corrected chi connectivity index (χ2v) is 5.82. The van der Waals surface area contributed by atoms with Gasteiger partial charge in [-0.2, -0.15) is 0 Å². The molecule has 3 heteroatoms. The van der Waals surface area contributed by atoms with Gasteiger partial charge >= 0.3 is 120 Å². The Morgan fingerprint density at radius 3 is 2.94 bits per heavy atom. The zero-order valence-corrected chi connectivity index (χ0v) is 14.2. The molecule has 2 N–H and O–H groups in total. The van der Waals surface area contributed by atoms with Crippen LogP contribution in [0.2, 0.25) is 3.98 Å². The fraction of sp³-hybridized carbons (Fsp3) is 0.357. The number of hydrogen-bond acceptors (Lipinski definition) is 2. The van der Waals surface area contributed by atoms with E-state index in [0.717, 1.165) is 17.7 Å². The van der Waals surface area contributed by atoms with Crippen molar-refractivity contribution in [2.75, 3.05) is 0 Å². The summed E-state index contributed by atoms with van der Waals surface area (Å²) in [5.74, 6) is 0. The predicted octanol–water partition coefficient (Wildman–Crippen LogP) is 3.16. The van der Waals surface area contributed by atoms with Gasteiger partial charge in [-0.3, -0.25) is 0 Å². The average Bonchev–Trinajstić information content (AvgIpc) is 2.38. The van der Waals surface area contributed by atoms with E-state index in [9.17, 15) is 0 Å². The van der Waals surface area contributed by atoms with Crippen molar-refractivity contribution >= 4 is 37.7 Å². The quantitative estimate of drug-likeness (QED) is 0.555. The fourth-order valence-electron chi connectivity index (χ4n) is 1.49. The molecule has 0 aliphatic heterocycles. The Kier molecular flexibility index (Phi) is 7.16. The van der Waals surface area contributed by atoms with E-state index < -0.39 is 0 Å². The van der Waals surface area contributed by atoms with Crippen molar-refractivity contribution in [1.82, 2.24) is 0 Å². The number of nitrogens with two attached hydrogens (primary N) is 1. The molecule has 0 amide bonds. The van der Waals surface area contributed by atoms with Gasteiger partial charge in [-0.25, -0.2) is 0 Å². The van der Waals surface area contributed by atoms with Crippen molar-refractivity contribution in [3.8, 4) is 0 Å². The molecule has 17 heavy (non-hydrogen) atoms. The normalized spacial score (nSPS) is 12.2. The summed E-state index contributed by atoms with van der Waals surface area (Å²) < 4.78 is 1.36. The van der Waals surface area contributed by atoms with E-state index in [0.29, 0.717) is 0 Å². The van der Waals surface area contributed by atoms with E-state index in [1.807, 2.05) is 12.3 Å². The number of aliphatic imine (C=N–C) groups is 1. The van der Waals surface area contributed by atoms with Gasteiger partial charge in [0.15, 0.2) is 0 Å². The van der Waals surface area contributed by atoms with Crippen molar-refractivity contribution in [3.05, 3.63) is 41.6 Å². The topological polar surface area (TPSA) is 38.4 Å². The van der Waals surface area contributed by atoms with Gasteiger partial charge in [-0.15, -0.1) is 0 Å². The molecule has 0 saturated heterocycles. The van der Waals surface area contributed by atoms with Crippen LogP contribution in [0.1, 0.15) is 25.3 Å². The first-order valence-electron chi connectivity index (χ1n) is 5.98. The summed E-state index contributed by atoms with van der Waals surface area (Å²) in [6.45, 7) is 2.08. The van der Waals surface area contributed by atoms with E-state index in [2.05, 4.69) is 30.1 Å². The van der Waals surface area contributed by atoms with Crippen molar-refractivity contribution in [2.24, 2.45) is 10.7 Å². The first-order valence-corrected chi connectivity index (χ1v) is 8.73. The molecule has 0 atom stereocenters. The number of rotatable bonds is 6. The van der Waals surface area contributed by atoms with Gasteiger partial charge in [0, 0.05) is 0 Å². The maximum absolute atomic E-state index is 5.49. The molecule has 0 heterocycles. The Balaban J connectivity index is 2.71. The van der Waals surface area contributed by atoms with Gasteiger partial charge < -0.3 is 0 Å². The van der Waals surface area contributed by atoms with Crippen LogP contribution in [0.5, 0.6) is 0 Å². The van der Waals surface area contributed by atoms with Gasteiger partial charge in [0.2, 0.25) is 0 Å². The molecule has 0 saturated carbocycles. The summed E-state index contributed by atoms with van der Waals surface area (Å²) >= 11 is 1.30. The van der Waals surface area contributed by atoms with Gasteiger partial charge in [0.05, 0.1) is 0 Å². The van der Waals surface area contributed by atoms with Gasteiger partial charge in [-0.05, 0) is 0 Å². The van der Waals surface area contributed by atoms with E-state index in [-0.39, 0.29) is 0 Å². The fourth-order valence-corrected chi connectivity index (χ4v) is 2.18. The molecule has 1 aromatic rings. The van der Waals surface area contributed by atoms with Crippen molar-refractivity contribution in [3.63, 3.8) is 0 Å². The van der Waals surface area contributed by atoms with Crippen LogP contribution in [0, 0.1) is 0 Å². The van der Waals surface area contributed by atoms with Crippen molar-refractivity contribution in [2.45, 2.75) is 30.2 Å². The molecule has 0 unspecified atom stereocenters. The number of allylic oxidation sites excluding steroid dienone is 1. The molecule has 1 aromatic carbocycles. The summed E-state index contributed by atoms with van der Waals surface area (Å²) in [5.41, 5.74) is 8.96. The van der Waals surface area contributed by atoms with E-state index in [1.54, 1.807) is 6.20 Å². The Bertz CT molecular complexity index is 397. The first-order chi connectivity index (χ1) is 8.30. The van der Waals surface area contributed by atoms with Gasteiger partial charge in [0.25, 0.3) is 0 Å². The molecule has 0 aliphatic rings. The number of aryl methyl sites for hydroxylation is 1. The third kappa shape index (κ3) is 5.48. The molecule has 0 aliphatic carbocycles. The van der Waals surface area contributed by atoms with Crippen LogP contribution in [0.15, 0.2) is 41.0 Å². The standard InChI is InChI=1S/C14H19N2.Pb/c1-3-6-13-7-5-8-14(9-13)16-11-12(4-2)10-15;/h5,7-11H,1,3-4,6,15H2,2H3;/b12-10-,16-11?;. The summed E-state index contributed by atoms with van der Waals surface area (Å²) in [5, 5.41) is 0. The van der Waals surface area contributed by atoms with Crippen LogP contribution < -0.4 is 5.73 Å². The minimum absolute atomic E-state index is 0.917. The SMILES string of the molecule is CC/C(C=Nc1cccc(CC[CH2][Pb])c1)=C/N. The molecule has 2 nitrogen and oxygen atoms in total. The zero-order valence-electron chi connectivity index (χ0n) is 10.3. The first kappa shape index (κ1) is 14.4. The zero-order chi connectivity index (χ0) is 12.5. The van der Waals surface area contributed by atoms with Gasteiger partial charge in [0.1, 0.15) is 0 Å². The van der Waals surface area contributed by atoms with Gasteiger partial charge in [-0.1, -0.05) is 0 Å². The molecule has 0 fully saturated rings. The monoisotopic (exact) mass is 423 g/mol. The number of hydrogen-bond donors (Lipinski definition) is 1. The Morgan fingerprint density at radius 2 is 2.29 bits per heavy atom. The number of benzene rings is 1. The second-order valence-electron chi connectivity index (χ2n) is 3.88. The Morgan fingerprint density at radius 1 is 1.47 bits per heavy atom. The van der Waals surface area contributed by atoms with Crippen LogP contribution in [-0.4, -0.2) is 32.0 Å². The van der Waals surface area contributed by atoms with Crippen LogP contribution in [-0.2, 0) is 6.42 Å².